The van der Waals surface area contributed by atoms with Crippen LogP contribution in [0.4, 0.5) is 9.59 Å². The number of amides is 4. The van der Waals surface area contributed by atoms with Crippen LogP contribution in [0.1, 0.15) is 90.0 Å². The number of nitrogens with one attached hydrogen (secondary N) is 4. The molecule has 6 atom stereocenters. The van der Waals surface area contributed by atoms with E-state index in [9.17, 15) is 19.2 Å². The van der Waals surface area contributed by atoms with Crippen LogP contribution in [0.25, 0.3) is 44.2 Å². The van der Waals surface area contributed by atoms with Gasteiger partial charge in [0.05, 0.1) is 69.0 Å². The summed E-state index contributed by atoms with van der Waals surface area (Å²) in [5.74, 6) is 0.154. The lowest BCUT2D eigenvalue weighted by molar-refractivity contribution is -0.153. The summed E-state index contributed by atoms with van der Waals surface area (Å²) in [5, 5.41) is 7.63. The normalized spacial score (nSPS) is 22.6. The van der Waals surface area contributed by atoms with Crippen LogP contribution >= 0.6 is 0 Å². The van der Waals surface area contributed by atoms with Crippen LogP contribution in [0.3, 0.4) is 0 Å². The lowest BCUT2D eigenvalue weighted by Crippen LogP contribution is -2.53. The van der Waals surface area contributed by atoms with Gasteiger partial charge in [0.2, 0.25) is 11.8 Å². The maximum Gasteiger partial charge on any atom is 0.407 e. The number of carbonyl (C=O) groups is 4. The SMILES string of the molecule is COC(=O)N[C@H](C(=O)N1CC2(C[C@H]1c1ncc(-c3ccc4cc(-c5ccc6nc([C@@H]7C[C@@H]8CCCC[C@@H]8N7C(=O)[C@@H](NC(=O)OC)C(C)C)[nH]c6c5)ccc4c3)[nH]1)OCCO2)C(C)C. The third kappa shape index (κ3) is 8.17. The summed E-state index contributed by atoms with van der Waals surface area (Å²) in [5.41, 5.74) is 5.56. The highest BCUT2D eigenvalue weighted by atomic mass is 16.7. The Morgan fingerprint density at radius 3 is 2.08 bits per heavy atom. The lowest BCUT2D eigenvalue weighted by atomic mass is 9.84. The lowest BCUT2D eigenvalue weighted by Gasteiger charge is -2.36. The number of aromatic amines is 2. The van der Waals surface area contributed by atoms with E-state index in [4.69, 9.17) is 28.9 Å². The van der Waals surface area contributed by atoms with Crippen molar-refractivity contribution in [2.45, 2.75) is 102 Å². The van der Waals surface area contributed by atoms with Crippen molar-refractivity contribution in [3.8, 4) is 22.4 Å². The van der Waals surface area contributed by atoms with E-state index in [1.165, 1.54) is 14.2 Å². The van der Waals surface area contributed by atoms with Gasteiger partial charge in [-0.1, -0.05) is 70.9 Å². The third-order valence-electron chi connectivity index (χ3n) is 13.7. The molecule has 1 aliphatic carbocycles. The zero-order chi connectivity index (χ0) is 44.9. The molecule has 3 aromatic carbocycles. The highest BCUT2D eigenvalue weighted by molar-refractivity contribution is 5.92. The standard InChI is InChI=1S/C48H58N8O8/c1-26(2)40(53-46(59)61-5)44(57)55-25-48(63-17-18-64-48)23-39(55)42-49-24-36(52-42)32-14-13-28-19-29(11-12-30(28)20-32)31-15-16-34-35(21-31)51-43(50-34)38-22-33-9-7-8-10-37(33)56(38)45(58)41(27(3)4)54-47(60)62-6/h11-16,19-21,24,26-27,33,37-41H,7-10,17-18,22-23,25H2,1-6H3,(H,49,52)(H,50,51)(H,53,59)(H,54,60)/t33-,37-,38-,39-,40-,41-/m0/s1. The number of hydrogen-bond donors (Lipinski definition) is 4. The van der Waals surface area contributed by atoms with Crippen molar-refractivity contribution in [1.29, 1.82) is 0 Å². The summed E-state index contributed by atoms with van der Waals surface area (Å²) in [6.45, 7) is 8.72. The van der Waals surface area contributed by atoms with E-state index in [1.54, 1.807) is 11.1 Å². The molecule has 1 saturated carbocycles. The Labute approximate surface area is 372 Å². The first-order valence-electron chi connectivity index (χ1n) is 22.5. The Morgan fingerprint density at radius 1 is 0.766 bits per heavy atom. The van der Waals surface area contributed by atoms with Gasteiger partial charge >= 0.3 is 12.2 Å². The van der Waals surface area contributed by atoms with Crippen LogP contribution in [-0.4, -0.2) is 112 Å². The number of H-pyrrole nitrogens is 2. The number of hydrogen-bond acceptors (Lipinski definition) is 10. The van der Waals surface area contributed by atoms with Gasteiger partial charge in [-0.3, -0.25) is 9.59 Å². The van der Waals surface area contributed by atoms with Gasteiger partial charge < -0.3 is 49.3 Å². The zero-order valence-corrected chi connectivity index (χ0v) is 37.3. The molecule has 5 aromatic rings. The number of likely N-dealkylation sites (tertiary alicyclic amines) is 2. The molecule has 2 aromatic heterocycles. The van der Waals surface area contributed by atoms with Gasteiger partial charge in [-0.15, -0.1) is 0 Å². The molecular formula is C48H58N8O8. The van der Waals surface area contributed by atoms with Crippen molar-refractivity contribution in [1.82, 2.24) is 40.4 Å². The number of methoxy groups -OCH3 is 2. The fraction of sp³-hybridized carbons (Fsp3) is 0.500. The van der Waals surface area contributed by atoms with Crippen LogP contribution in [-0.2, 0) is 28.5 Å². The van der Waals surface area contributed by atoms with Crippen LogP contribution < -0.4 is 10.6 Å². The number of alkyl carbamates (subject to hydrolysis) is 2. The number of ether oxygens (including phenoxy) is 4. The van der Waals surface area contributed by atoms with Crippen LogP contribution in [0.15, 0.2) is 60.8 Å². The van der Waals surface area contributed by atoms with E-state index in [2.05, 4.69) is 69.1 Å². The van der Waals surface area contributed by atoms with E-state index in [0.29, 0.717) is 31.4 Å². The monoisotopic (exact) mass is 874 g/mol. The van der Waals surface area contributed by atoms with Crippen LogP contribution in [0.2, 0.25) is 0 Å². The Kier molecular flexibility index (Phi) is 11.8. The molecule has 4 amide bonds. The predicted molar refractivity (Wildman–Crippen MR) is 239 cm³/mol. The molecule has 3 saturated heterocycles. The van der Waals surface area contributed by atoms with Crippen molar-refractivity contribution in [2.24, 2.45) is 17.8 Å². The van der Waals surface area contributed by atoms with E-state index >= 15 is 0 Å². The van der Waals surface area contributed by atoms with Gasteiger partial charge in [-0.2, -0.15) is 0 Å². The fourth-order valence-corrected chi connectivity index (χ4v) is 10.4. The average Bonchev–Trinajstić information content (AvgIpc) is 4.16. The summed E-state index contributed by atoms with van der Waals surface area (Å²) in [6, 6.07) is 16.8. The molecule has 4 N–H and O–H groups in total. The summed E-state index contributed by atoms with van der Waals surface area (Å²) in [4.78, 5) is 73.5. The van der Waals surface area contributed by atoms with Gasteiger partial charge in [0, 0.05) is 18.0 Å². The van der Waals surface area contributed by atoms with Crippen molar-refractivity contribution in [3.05, 3.63) is 72.4 Å². The summed E-state index contributed by atoms with van der Waals surface area (Å²) < 4.78 is 21.8. The first-order chi connectivity index (χ1) is 30.8. The quantitative estimate of drug-likeness (QED) is 0.110. The molecule has 9 rings (SSSR count). The van der Waals surface area contributed by atoms with Gasteiger partial charge in [0.1, 0.15) is 23.7 Å². The zero-order valence-electron chi connectivity index (χ0n) is 37.3. The molecule has 64 heavy (non-hydrogen) atoms. The Hall–Kier alpha value is -6.00. The number of fused-ring (bicyclic) bond motifs is 3. The number of carbonyl (C=O) groups excluding carboxylic acids is 4. The highest BCUT2D eigenvalue weighted by Crippen LogP contribution is 2.47. The minimum atomic E-state index is -0.940. The fourth-order valence-electron chi connectivity index (χ4n) is 10.4. The summed E-state index contributed by atoms with van der Waals surface area (Å²) in [6.07, 6.45) is 5.97. The van der Waals surface area contributed by atoms with Crippen molar-refractivity contribution < 1.29 is 38.1 Å². The summed E-state index contributed by atoms with van der Waals surface area (Å²) >= 11 is 0. The molecule has 16 heteroatoms. The number of aromatic nitrogens is 4. The predicted octanol–water partition coefficient (Wildman–Crippen LogP) is 7.38. The highest BCUT2D eigenvalue weighted by Gasteiger charge is 2.53. The first kappa shape index (κ1) is 43.3. The Morgan fingerprint density at radius 2 is 1.39 bits per heavy atom. The second-order valence-corrected chi connectivity index (χ2v) is 18.4. The molecule has 0 unspecified atom stereocenters. The molecular weight excluding hydrogens is 817 g/mol. The van der Waals surface area contributed by atoms with E-state index in [-0.39, 0.29) is 42.3 Å². The molecule has 0 bridgehead atoms. The van der Waals surface area contributed by atoms with Crippen molar-refractivity contribution in [3.63, 3.8) is 0 Å². The van der Waals surface area contributed by atoms with Crippen molar-refractivity contribution >= 4 is 45.8 Å². The second-order valence-electron chi connectivity index (χ2n) is 18.4. The summed E-state index contributed by atoms with van der Waals surface area (Å²) in [7, 11) is 2.59. The van der Waals surface area contributed by atoms with Gasteiger partial charge in [0.25, 0.3) is 0 Å². The molecule has 338 valence electrons. The van der Waals surface area contributed by atoms with E-state index in [1.807, 2.05) is 38.7 Å². The molecule has 3 aliphatic heterocycles. The first-order valence-corrected chi connectivity index (χ1v) is 22.5. The number of imidazole rings is 2. The smallest absolute Gasteiger partial charge is 0.407 e. The van der Waals surface area contributed by atoms with Crippen LogP contribution in [0.5, 0.6) is 0 Å². The minimum absolute atomic E-state index is 0.0887. The Balaban J connectivity index is 0.951. The van der Waals surface area contributed by atoms with Gasteiger partial charge in [-0.25, -0.2) is 19.6 Å². The molecule has 16 nitrogen and oxygen atoms in total. The minimum Gasteiger partial charge on any atom is -0.453 e. The molecule has 4 aliphatic rings. The number of nitrogens with zero attached hydrogens (tertiary/aromatic N) is 4. The molecule has 4 fully saturated rings. The third-order valence-corrected chi connectivity index (χ3v) is 13.7. The molecule has 1 spiro atoms. The number of rotatable bonds is 10. The maximum atomic E-state index is 14.3. The average molecular weight is 875 g/mol. The molecule has 0 radical (unpaired) electrons. The van der Waals surface area contributed by atoms with E-state index < -0.39 is 36.1 Å². The maximum absolute atomic E-state index is 14.3. The Bertz CT molecular complexity index is 2560. The van der Waals surface area contributed by atoms with Crippen LogP contribution in [0, 0.1) is 17.8 Å². The van der Waals surface area contributed by atoms with Crippen molar-refractivity contribution in [2.75, 3.05) is 34.0 Å². The van der Waals surface area contributed by atoms with Gasteiger partial charge in [0.15, 0.2) is 5.79 Å². The largest absolute Gasteiger partial charge is 0.453 e. The topological polar surface area (TPSA) is 193 Å². The second kappa shape index (κ2) is 17.5. The van der Waals surface area contributed by atoms with Gasteiger partial charge in [-0.05, 0) is 83.2 Å². The number of benzene rings is 3. The van der Waals surface area contributed by atoms with E-state index in [0.717, 1.165) is 82.1 Å². The molecule has 5 heterocycles.